The highest BCUT2D eigenvalue weighted by atomic mass is 35.5. The van der Waals surface area contributed by atoms with Gasteiger partial charge >= 0.3 is 0 Å². The van der Waals surface area contributed by atoms with Crippen molar-refractivity contribution in [3.63, 3.8) is 0 Å². The third kappa shape index (κ3) is 4.20. The summed E-state index contributed by atoms with van der Waals surface area (Å²) in [6.45, 7) is 7.83. The van der Waals surface area contributed by atoms with Gasteiger partial charge in [-0.15, -0.1) is 0 Å². The molecule has 3 N–H and O–H groups in total. The molecule has 1 heterocycles. The van der Waals surface area contributed by atoms with E-state index in [4.69, 9.17) is 22.3 Å². The minimum atomic E-state index is -0.162. The molecule has 0 saturated carbocycles. The molecule has 22 heavy (non-hydrogen) atoms. The van der Waals surface area contributed by atoms with Crippen molar-refractivity contribution in [2.75, 3.05) is 0 Å². The van der Waals surface area contributed by atoms with E-state index in [0.29, 0.717) is 10.7 Å². The summed E-state index contributed by atoms with van der Waals surface area (Å²) in [6, 6.07) is 9.80. The highest BCUT2D eigenvalue weighted by Crippen LogP contribution is 2.21. The monoisotopic (exact) mass is 313 g/mol. The lowest BCUT2D eigenvalue weighted by atomic mass is 10.0. The highest BCUT2D eigenvalue weighted by molar-refractivity contribution is 6.31. The number of hydrogen-bond acceptors (Lipinski definition) is 3. The Bertz CT molecular complexity index is 680. The molecule has 0 fully saturated rings. The largest absolute Gasteiger partial charge is 0.361 e. The Morgan fingerprint density at radius 1 is 1.23 bits per heavy atom. The summed E-state index contributed by atoms with van der Waals surface area (Å²) in [6.07, 6.45) is 5.42. The zero-order chi connectivity index (χ0) is 16.1. The summed E-state index contributed by atoms with van der Waals surface area (Å²) in [4.78, 5) is 4.74. The smallest absolute Gasteiger partial charge is 0.0725 e. The van der Waals surface area contributed by atoms with Gasteiger partial charge in [0.05, 0.1) is 10.7 Å². The summed E-state index contributed by atoms with van der Waals surface area (Å²) in [5.74, 6) is 0. The first-order valence-corrected chi connectivity index (χ1v) is 7.46. The molecule has 0 amide bonds. The van der Waals surface area contributed by atoms with E-state index >= 15 is 0 Å². The number of allylic oxidation sites excluding steroid dienone is 3. The normalized spacial score (nSPS) is 27.0. The van der Waals surface area contributed by atoms with Crippen molar-refractivity contribution < 1.29 is 0 Å². The fourth-order valence-electron chi connectivity index (χ4n) is 2.16. The highest BCUT2D eigenvalue weighted by Gasteiger charge is 2.11. The molecule has 0 saturated heterocycles. The van der Waals surface area contributed by atoms with Gasteiger partial charge in [-0.2, -0.15) is 0 Å². The fraction of sp³-hybridized carbons (Fsp3) is 0.167. The van der Waals surface area contributed by atoms with Gasteiger partial charge in [-0.05, 0) is 31.6 Å². The van der Waals surface area contributed by atoms with Crippen LogP contribution in [0.25, 0.3) is 5.70 Å². The summed E-state index contributed by atoms with van der Waals surface area (Å²) < 4.78 is 0. The second-order valence-electron chi connectivity index (χ2n) is 5.18. The lowest BCUT2D eigenvalue weighted by molar-refractivity contribution is 0.894. The first-order chi connectivity index (χ1) is 10.5. The molecule has 1 aliphatic heterocycles. The van der Waals surface area contributed by atoms with Crippen molar-refractivity contribution in [3.8, 4) is 0 Å². The van der Waals surface area contributed by atoms with Gasteiger partial charge in [-0.1, -0.05) is 48.5 Å². The molecule has 0 radical (unpaired) electrons. The number of aliphatic imine (C=N–C) groups is 1. The Morgan fingerprint density at radius 3 is 2.55 bits per heavy atom. The molecular weight excluding hydrogens is 294 g/mol. The van der Waals surface area contributed by atoms with E-state index in [0.717, 1.165) is 22.5 Å². The Labute approximate surface area is 136 Å². The predicted octanol–water partition coefficient (Wildman–Crippen LogP) is 3.96. The minimum absolute atomic E-state index is 0.162. The van der Waals surface area contributed by atoms with Crippen molar-refractivity contribution in [3.05, 3.63) is 77.1 Å². The van der Waals surface area contributed by atoms with E-state index in [9.17, 15) is 0 Å². The van der Waals surface area contributed by atoms with Crippen LogP contribution in [-0.2, 0) is 0 Å². The van der Waals surface area contributed by atoms with Gasteiger partial charge in [-0.25, -0.2) is 0 Å². The van der Waals surface area contributed by atoms with Gasteiger partial charge in [0.2, 0.25) is 0 Å². The molecule has 0 aliphatic carbocycles. The SMILES string of the molecule is C=C1\C=C(c2ccccc2)/N=C(C)/C(C(C)N)=C\C(Cl)=C/N1. The number of hydrogen-bond donors (Lipinski definition) is 2. The maximum Gasteiger partial charge on any atom is 0.0725 e. The molecule has 114 valence electrons. The molecule has 4 heteroatoms. The molecule has 1 unspecified atom stereocenters. The molecule has 0 spiro atoms. The van der Waals surface area contributed by atoms with Crippen LogP contribution in [0, 0.1) is 0 Å². The second-order valence-corrected chi connectivity index (χ2v) is 5.62. The van der Waals surface area contributed by atoms with Gasteiger partial charge < -0.3 is 11.1 Å². The van der Waals surface area contributed by atoms with Crippen molar-refractivity contribution in [2.45, 2.75) is 19.9 Å². The van der Waals surface area contributed by atoms with E-state index in [1.54, 1.807) is 6.20 Å². The van der Waals surface area contributed by atoms with Gasteiger partial charge in [0.25, 0.3) is 0 Å². The molecule has 3 nitrogen and oxygen atoms in total. The average Bonchev–Trinajstić information content (AvgIpc) is 2.50. The minimum Gasteiger partial charge on any atom is -0.361 e. The Balaban J connectivity index is 2.56. The van der Waals surface area contributed by atoms with Crippen LogP contribution in [0.2, 0.25) is 0 Å². The Hall–Kier alpha value is -2.10. The van der Waals surface area contributed by atoms with Gasteiger partial charge in [0.15, 0.2) is 0 Å². The number of nitrogens with zero attached hydrogens (tertiary/aromatic N) is 1. The third-order valence-electron chi connectivity index (χ3n) is 3.27. The van der Waals surface area contributed by atoms with Crippen LogP contribution >= 0.6 is 11.6 Å². The van der Waals surface area contributed by atoms with E-state index < -0.39 is 0 Å². The average molecular weight is 314 g/mol. The molecule has 2 rings (SSSR count). The number of rotatable bonds is 2. The first-order valence-electron chi connectivity index (χ1n) is 7.08. The van der Waals surface area contributed by atoms with Crippen LogP contribution in [0.4, 0.5) is 0 Å². The zero-order valence-corrected chi connectivity index (χ0v) is 13.6. The summed E-state index contributed by atoms with van der Waals surface area (Å²) in [5.41, 5.74) is 10.3. The van der Waals surface area contributed by atoms with Gasteiger partial charge in [0.1, 0.15) is 0 Å². The van der Waals surface area contributed by atoms with Crippen molar-refractivity contribution >= 4 is 23.0 Å². The van der Waals surface area contributed by atoms with E-state index in [2.05, 4.69) is 11.9 Å². The molecule has 1 aromatic rings. The summed E-state index contributed by atoms with van der Waals surface area (Å²) in [7, 11) is 0. The number of nitrogens with two attached hydrogens (primary N) is 1. The van der Waals surface area contributed by atoms with Crippen molar-refractivity contribution in [2.24, 2.45) is 10.7 Å². The standard InChI is InChI=1S/C18H20ClN3/c1-12-9-18(15-7-5-4-6-8-15)22-14(3)17(13(2)20)10-16(19)11-21-12/h4-11,13,21H,1,20H2,2-3H3/b16-11+,17-10-,18-9-,22-14+. The van der Waals surface area contributed by atoms with Crippen molar-refractivity contribution in [1.82, 2.24) is 5.32 Å². The van der Waals surface area contributed by atoms with Crippen LogP contribution in [-0.4, -0.2) is 11.8 Å². The van der Waals surface area contributed by atoms with Crippen molar-refractivity contribution in [1.29, 1.82) is 0 Å². The zero-order valence-electron chi connectivity index (χ0n) is 12.8. The second kappa shape index (κ2) is 7.25. The molecule has 1 aromatic carbocycles. The molecule has 0 aromatic heterocycles. The lowest BCUT2D eigenvalue weighted by Crippen LogP contribution is -2.23. The quantitative estimate of drug-likeness (QED) is 0.868. The first kappa shape index (κ1) is 16.3. The summed E-state index contributed by atoms with van der Waals surface area (Å²) in [5, 5.41) is 3.61. The number of nitrogens with one attached hydrogen (secondary N) is 1. The van der Waals surface area contributed by atoms with E-state index in [-0.39, 0.29) is 6.04 Å². The van der Waals surface area contributed by atoms with Crippen LogP contribution in [0.1, 0.15) is 19.4 Å². The Kier molecular flexibility index (Phi) is 5.36. The van der Waals surface area contributed by atoms with Crippen LogP contribution in [0.5, 0.6) is 0 Å². The van der Waals surface area contributed by atoms with E-state index in [1.807, 2.05) is 56.3 Å². The molecular formula is C18H20ClN3. The van der Waals surface area contributed by atoms with Crippen LogP contribution < -0.4 is 11.1 Å². The van der Waals surface area contributed by atoms with Gasteiger partial charge in [0, 0.05) is 29.2 Å². The van der Waals surface area contributed by atoms with Crippen LogP contribution in [0.15, 0.2) is 76.6 Å². The molecule has 1 atom stereocenters. The van der Waals surface area contributed by atoms with Crippen LogP contribution in [0.3, 0.4) is 0 Å². The third-order valence-corrected chi connectivity index (χ3v) is 3.48. The Morgan fingerprint density at radius 2 is 1.91 bits per heavy atom. The number of benzene rings is 1. The molecule has 1 aliphatic rings. The van der Waals surface area contributed by atoms with Gasteiger partial charge in [-0.3, -0.25) is 4.99 Å². The topological polar surface area (TPSA) is 50.4 Å². The van der Waals surface area contributed by atoms with E-state index in [1.165, 1.54) is 0 Å². The number of halogens is 1. The predicted molar refractivity (Wildman–Crippen MR) is 95.5 cm³/mol. The summed E-state index contributed by atoms with van der Waals surface area (Å²) >= 11 is 6.19. The maximum atomic E-state index is 6.19. The lowest BCUT2D eigenvalue weighted by Gasteiger charge is -2.14. The maximum absolute atomic E-state index is 6.19. The molecule has 0 bridgehead atoms. The fourth-order valence-corrected chi connectivity index (χ4v) is 2.33.